The van der Waals surface area contributed by atoms with Crippen LogP contribution >= 0.6 is 11.3 Å². The molecule has 0 saturated heterocycles. The maximum Gasteiger partial charge on any atom is 0.190 e. The third kappa shape index (κ3) is 3.33. The lowest BCUT2D eigenvalue weighted by molar-refractivity contribution is 0.0970. The van der Waals surface area contributed by atoms with Crippen LogP contribution in [0.1, 0.15) is 94.8 Å². The highest BCUT2D eigenvalue weighted by atomic mass is 32.1. The summed E-state index contributed by atoms with van der Waals surface area (Å²) in [4.78, 5) is 54.8. The molecule has 4 nitrogen and oxygen atoms in total. The average Bonchev–Trinajstić information content (AvgIpc) is 3.38. The molecule has 1 heterocycles. The molecule has 0 atom stereocenters. The fourth-order valence-electron chi connectivity index (χ4n) is 7.03. The Morgan fingerprint density at radius 2 is 0.976 bits per heavy atom. The Kier molecular flexibility index (Phi) is 5.74. The third-order valence-corrected chi connectivity index (χ3v) is 10.1. The lowest BCUT2D eigenvalue weighted by atomic mass is 9.78. The van der Waals surface area contributed by atoms with Gasteiger partial charge < -0.3 is 0 Å². The fraction of sp³-hybridized carbons (Fsp3) is 0.222. The Hall–Kier alpha value is -4.22. The van der Waals surface area contributed by atoms with E-state index in [0.29, 0.717) is 70.2 Å². The largest absolute Gasteiger partial charge is 0.289 e. The van der Waals surface area contributed by atoms with Gasteiger partial charge in [0.25, 0.3) is 0 Å². The van der Waals surface area contributed by atoms with E-state index in [-0.39, 0.29) is 23.1 Å². The molecular weight excluding hydrogens is 528 g/mol. The van der Waals surface area contributed by atoms with Crippen LogP contribution in [0.4, 0.5) is 0 Å². The van der Waals surface area contributed by atoms with E-state index < -0.39 is 0 Å². The van der Waals surface area contributed by atoms with Crippen molar-refractivity contribution in [1.29, 1.82) is 0 Å². The molecule has 0 aliphatic heterocycles. The molecule has 0 bridgehead atoms. The van der Waals surface area contributed by atoms with Crippen LogP contribution < -0.4 is 0 Å². The number of rotatable bonds is 4. The first-order valence-electron chi connectivity index (χ1n) is 14.4. The minimum absolute atomic E-state index is 0.0639. The Morgan fingerprint density at radius 3 is 1.59 bits per heavy atom. The molecule has 4 aromatic carbocycles. The molecule has 202 valence electrons. The Balaban J connectivity index is 1.63. The number of hydrogen-bond acceptors (Lipinski definition) is 5. The van der Waals surface area contributed by atoms with E-state index in [1.165, 1.54) is 0 Å². The van der Waals surface area contributed by atoms with Crippen LogP contribution in [0.5, 0.6) is 0 Å². The van der Waals surface area contributed by atoms with Gasteiger partial charge in [-0.2, -0.15) is 0 Å². The lowest BCUT2D eigenvalue weighted by Gasteiger charge is -2.22. The van der Waals surface area contributed by atoms with Gasteiger partial charge in [0.05, 0.1) is 0 Å². The Bertz CT molecular complexity index is 2150. The van der Waals surface area contributed by atoms with Gasteiger partial charge in [-0.3, -0.25) is 19.2 Å². The summed E-state index contributed by atoms with van der Waals surface area (Å²) in [6, 6.07) is 15.6. The summed E-state index contributed by atoms with van der Waals surface area (Å²) >= 11 is 1.63. The molecule has 1 aromatic heterocycles. The van der Waals surface area contributed by atoms with Crippen LogP contribution in [0, 0.1) is 0 Å². The summed E-state index contributed by atoms with van der Waals surface area (Å²) in [5.41, 5.74) is 4.27. The van der Waals surface area contributed by atoms with E-state index in [1.807, 2.05) is 58.0 Å². The highest BCUT2D eigenvalue weighted by Gasteiger charge is 2.34. The molecule has 0 radical (unpaired) electrons. The summed E-state index contributed by atoms with van der Waals surface area (Å²) < 4.78 is 2.04. The number of Topliss-reactive ketones (excluding diaryl/α,β-unsaturated/α-hetero) is 4. The maximum atomic E-state index is 14.0. The molecule has 0 spiro atoms. The van der Waals surface area contributed by atoms with Gasteiger partial charge in [0.15, 0.2) is 23.1 Å². The number of thiophene rings is 1. The van der Waals surface area contributed by atoms with Crippen LogP contribution in [0.2, 0.25) is 0 Å². The molecule has 2 aliphatic rings. The van der Waals surface area contributed by atoms with Crippen LogP contribution in [-0.2, 0) is 0 Å². The number of hydrogen-bond donors (Lipinski definition) is 0. The monoisotopic (exact) mass is 556 g/mol. The summed E-state index contributed by atoms with van der Waals surface area (Å²) in [7, 11) is 0. The molecule has 0 fully saturated rings. The number of benzene rings is 4. The standard InChI is InChI=1S/C36H28O4S/c1-5-19-20(6-2)35(39)26-16-24-18(15-25(26)34(19)38)11-14-27-30(24)32-28(41-27)13-10-17-9-12-23-31(29(17)32)36(40)22(8-4)21(7-3)33(23)37/h9-16H,5-8H2,1-4H3. The second-order valence-corrected chi connectivity index (χ2v) is 11.9. The van der Waals surface area contributed by atoms with Crippen molar-refractivity contribution in [2.75, 3.05) is 0 Å². The molecule has 0 unspecified atom stereocenters. The highest BCUT2D eigenvalue weighted by Crippen LogP contribution is 2.46. The van der Waals surface area contributed by atoms with E-state index in [2.05, 4.69) is 12.1 Å². The van der Waals surface area contributed by atoms with Crippen molar-refractivity contribution in [2.24, 2.45) is 0 Å². The molecule has 0 N–H and O–H groups in total. The summed E-state index contributed by atoms with van der Waals surface area (Å²) in [5.74, 6) is -0.277. The molecule has 5 heteroatoms. The summed E-state index contributed by atoms with van der Waals surface area (Å²) in [5, 5.41) is 5.33. The first kappa shape index (κ1) is 25.7. The minimum atomic E-state index is -0.0785. The zero-order chi connectivity index (χ0) is 28.7. The SMILES string of the molecule is CCC1=C(CC)C(=O)c2cc3c(ccc4sc5ccc6ccc7c(c6c5c43)C(=O)C(CC)=C(CC)C7=O)cc2C1=O. The van der Waals surface area contributed by atoms with E-state index in [0.717, 1.165) is 41.7 Å². The van der Waals surface area contributed by atoms with Gasteiger partial charge in [-0.15, -0.1) is 11.3 Å². The summed E-state index contributed by atoms with van der Waals surface area (Å²) in [6.07, 6.45) is 2.06. The van der Waals surface area contributed by atoms with Crippen molar-refractivity contribution < 1.29 is 19.2 Å². The first-order valence-corrected chi connectivity index (χ1v) is 15.2. The predicted molar refractivity (Wildman–Crippen MR) is 167 cm³/mol. The van der Waals surface area contributed by atoms with Crippen molar-refractivity contribution >= 4 is 76.2 Å². The number of carbonyl (C=O) groups excluding carboxylic acids is 4. The second kappa shape index (κ2) is 9.15. The smallest absolute Gasteiger partial charge is 0.190 e. The van der Waals surface area contributed by atoms with Gasteiger partial charge in [0, 0.05) is 70.1 Å². The van der Waals surface area contributed by atoms with Crippen LogP contribution in [0.25, 0.3) is 41.7 Å². The van der Waals surface area contributed by atoms with Gasteiger partial charge in [-0.1, -0.05) is 45.9 Å². The number of allylic oxidation sites excluding steroid dienone is 4. The van der Waals surface area contributed by atoms with Crippen LogP contribution in [-0.4, -0.2) is 23.1 Å². The average molecular weight is 557 g/mol. The Labute approximate surface area is 241 Å². The normalized spacial score (nSPS) is 15.7. The van der Waals surface area contributed by atoms with Crippen molar-refractivity contribution in [3.05, 3.63) is 93.1 Å². The second-order valence-electron chi connectivity index (χ2n) is 10.8. The minimum Gasteiger partial charge on any atom is -0.289 e. The fourth-order valence-corrected chi connectivity index (χ4v) is 8.16. The number of carbonyl (C=O) groups is 4. The van der Waals surface area contributed by atoms with Crippen molar-refractivity contribution in [2.45, 2.75) is 53.4 Å². The molecule has 0 amide bonds. The molecule has 7 rings (SSSR count). The molecule has 2 aliphatic carbocycles. The van der Waals surface area contributed by atoms with Crippen molar-refractivity contribution in [3.63, 3.8) is 0 Å². The molecule has 0 saturated carbocycles. The highest BCUT2D eigenvalue weighted by molar-refractivity contribution is 7.26. The molecule has 5 aromatic rings. The summed E-state index contributed by atoms with van der Waals surface area (Å²) in [6.45, 7) is 7.70. The molecular formula is C36H28O4S. The van der Waals surface area contributed by atoms with E-state index in [1.54, 1.807) is 17.4 Å². The Morgan fingerprint density at radius 1 is 0.488 bits per heavy atom. The zero-order valence-electron chi connectivity index (χ0n) is 23.5. The zero-order valence-corrected chi connectivity index (χ0v) is 24.3. The third-order valence-electron chi connectivity index (χ3n) is 8.94. The van der Waals surface area contributed by atoms with Crippen molar-refractivity contribution in [3.8, 4) is 0 Å². The number of ketones is 4. The van der Waals surface area contributed by atoms with E-state index in [4.69, 9.17) is 0 Å². The van der Waals surface area contributed by atoms with Gasteiger partial charge >= 0.3 is 0 Å². The van der Waals surface area contributed by atoms with Crippen LogP contribution in [0.15, 0.2) is 70.8 Å². The van der Waals surface area contributed by atoms with E-state index in [9.17, 15) is 19.2 Å². The maximum absolute atomic E-state index is 14.0. The van der Waals surface area contributed by atoms with Gasteiger partial charge in [-0.25, -0.2) is 0 Å². The van der Waals surface area contributed by atoms with Crippen LogP contribution in [0.3, 0.4) is 0 Å². The van der Waals surface area contributed by atoms with Crippen molar-refractivity contribution in [1.82, 2.24) is 0 Å². The lowest BCUT2D eigenvalue weighted by Crippen LogP contribution is -2.22. The molecule has 41 heavy (non-hydrogen) atoms. The topological polar surface area (TPSA) is 68.3 Å². The quantitative estimate of drug-likeness (QED) is 0.221. The van der Waals surface area contributed by atoms with Gasteiger partial charge in [-0.05, 0) is 72.2 Å². The van der Waals surface area contributed by atoms with E-state index >= 15 is 0 Å². The predicted octanol–water partition coefficient (Wildman–Crippen LogP) is 9.35. The number of fused-ring (bicyclic) bond motifs is 10. The van der Waals surface area contributed by atoms with Gasteiger partial charge in [0.1, 0.15) is 0 Å². The van der Waals surface area contributed by atoms with Gasteiger partial charge in [0.2, 0.25) is 0 Å². The first-order chi connectivity index (χ1) is 19.8.